The van der Waals surface area contributed by atoms with Gasteiger partial charge < -0.3 is 10.2 Å². The van der Waals surface area contributed by atoms with Crippen LogP contribution in [0.25, 0.3) is 5.69 Å². The fourth-order valence-electron chi connectivity index (χ4n) is 1.27. The Balaban J connectivity index is 2.28. The summed E-state index contributed by atoms with van der Waals surface area (Å²) in [5.74, 6) is -0.628. The molecule has 0 saturated carbocycles. The molecule has 0 spiro atoms. The van der Waals surface area contributed by atoms with Gasteiger partial charge in [0.25, 0.3) is 0 Å². The summed E-state index contributed by atoms with van der Waals surface area (Å²) < 4.78 is 1.41. The van der Waals surface area contributed by atoms with Crippen molar-refractivity contribution >= 4 is 5.97 Å². The summed E-state index contributed by atoms with van der Waals surface area (Å²) in [7, 11) is 0. The van der Waals surface area contributed by atoms with Gasteiger partial charge in [0.15, 0.2) is 5.82 Å². The minimum atomic E-state index is -0.978. The molecule has 0 atom stereocenters. The Morgan fingerprint density at radius 3 is 2.94 bits per heavy atom. The van der Waals surface area contributed by atoms with Gasteiger partial charge in [0.05, 0.1) is 5.69 Å². The van der Waals surface area contributed by atoms with Crippen LogP contribution in [-0.4, -0.2) is 30.9 Å². The smallest absolute Gasteiger partial charge is 0.311 e. The van der Waals surface area contributed by atoms with E-state index >= 15 is 0 Å². The fraction of sp³-hybridized carbons (Fsp3) is 0.100. The molecule has 0 aliphatic carbocycles. The predicted octanol–water partition coefficient (Wildman–Crippen LogP) is 0.600. The lowest BCUT2D eigenvalue weighted by Crippen LogP contribution is -2.03. The number of carboxylic acid groups (broad SMARTS) is 1. The number of phenolic OH excluding ortho intramolecular Hbond substituents is 1. The molecule has 1 aromatic heterocycles. The molecule has 6 nitrogen and oxygen atoms in total. The van der Waals surface area contributed by atoms with Crippen molar-refractivity contribution in [2.75, 3.05) is 0 Å². The molecular formula is C10H9N3O3. The summed E-state index contributed by atoms with van der Waals surface area (Å²) in [6, 6.07) is 6.46. The highest BCUT2D eigenvalue weighted by Crippen LogP contribution is 2.13. The van der Waals surface area contributed by atoms with E-state index in [9.17, 15) is 9.90 Å². The number of phenols is 1. The van der Waals surface area contributed by atoms with Crippen molar-refractivity contribution in [2.24, 2.45) is 0 Å². The Hall–Kier alpha value is -2.37. The molecule has 0 fully saturated rings. The van der Waals surface area contributed by atoms with E-state index in [-0.39, 0.29) is 18.0 Å². The van der Waals surface area contributed by atoms with Gasteiger partial charge in [-0.05, 0) is 12.1 Å². The van der Waals surface area contributed by atoms with Gasteiger partial charge in [0.2, 0.25) is 0 Å². The van der Waals surface area contributed by atoms with Crippen molar-refractivity contribution < 1.29 is 15.0 Å². The van der Waals surface area contributed by atoms with Crippen molar-refractivity contribution in [1.82, 2.24) is 14.8 Å². The Morgan fingerprint density at radius 2 is 2.25 bits per heavy atom. The van der Waals surface area contributed by atoms with Crippen LogP contribution in [0.4, 0.5) is 0 Å². The minimum Gasteiger partial charge on any atom is -0.508 e. The number of hydrogen-bond donors (Lipinski definition) is 2. The van der Waals surface area contributed by atoms with Crippen LogP contribution in [0.1, 0.15) is 5.82 Å². The minimum absolute atomic E-state index is 0.118. The molecule has 0 bridgehead atoms. The Kier molecular flexibility index (Phi) is 2.55. The second-order valence-corrected chi connectivity index (χ2v) is 3.20. The van der Waals surface area contributed by atoms with E-state index < -0.39 is 5.97 Å². The summed E-state index contributed by atoms with van der Waals surface area (Å²) in [5.41, 5.74) is 0.629. The second-order valence-electron chi connectivity index (χ2n) is 3.20. The lowest BCUT2D eigenvalue weighted by Gasteiger charge is -1.99. The van der Waals surface area contributed by atoms with Crippen molar-refractivity contribution in [3.8, 4) is 11.4 Å². The molecule has 2 N–H and O–H groups in total. The van der Waals surface area contributed by atoms with Crippen LogP contribution < -0.4 is 0 Å². The van der Waals surface area contributed by atoms with Gasteiger partial charge in [-0.25, -0.2) is 9.67 Å². The number of aromatic nitrogens is 3. The van der Waals surface area contributed by atoms with Gasteiger partial charge in [-0.3, -0.25) is 4.79 Å². The number of aliphatic carboxylic acids is 1. The largest absolute Gasteiger partial charge is 0.508 e. The zero-order valence-electron chi connectivity index (χ0n) is 8.24. The van der Waals surface area contributed by atoms with E-state index in [0.717, 1.165) is 0 Å². The third kappa shape index (κ3) is 2.17. The Labute approximate surface area is 90.8 Å². The molecule has 16 heavy (non-hydrogen) atoms. The van der Waals surface area contributed by atoms with Crippen LogP contribution in [0.3, 0.4) is 0 Å². The molecule has 0 unspecified atom stereocenters. The monoisotopic (exact) mass is 219 g/mol. The maximum absolute atomic E-state index is 10.4. The van der Waals surface area contributed by atoms with Crippen LogP contribution in [0, 0.1) is 0 Å². The average molecular weight is 219 g/mol. The summed E-state index contributed by atoms with van der Waals surface area (Å²) >= 11 is 0. The molecule has 2 rings (SSSR count). The van der Waals surface area contributed by atoms with Crippen LogP contribution in [0.5, 0.6) is 5.75 Å². The second kappa shape index (κ2) is 4.01. The highest BCUT2D eigenvalue weighted by Gasteiger charge is 2.07. The Bertz CT molecular complexity index is 522. The van der Waals surface area contributed by atoms with Gasteiger partial charge in [-0.15, -0.1) is 0 Å². The first-order valence-electron chi connectivity index (χ1n) is 4.57. The molecule has 0 radical (unpaired) electrons. The first-order chi connectivity index (χ1) is 7.65. The SMILES string of the molecule is O=C(O)Cc1ncn(-c2cccc(O)c2)n1. The van der Waals surface area contributed by atoms with E-state index in [1.165, 1.54) is 17.1 Å². The summed E-state index contributed by atoms with van der Waals surface area (Å²) in [4.78, 5) is 14.3. The molecular weight excluding hydrogens is 210 g/mol. The molecule has 6 heteroatoms. The van der Waals surface area contributed by atoms with Crippen LogP contribution in [0.2, 0.25) is 0 Å². The molecule has 0 saturated heterocycles. The van der Waals surface area contributed by atoms with E-state index in [0.29, 0.717) is 5.69 Å². The number of rotatable bonds is 3. The average Bonchev–Trinajstić information content (AvgIpc) is 2.65. The van der Waals surface area contributed by atoms with Crippen molar-refractivity contribution in [1.29, 1.82) is 0 Å². The summed E-state index contributed by atoms with van der Waals surface area (Å²) in [6.45, 7) is 0. The zero-order chi connectivity index (χ0) is 11.5. The van der Waals surface area contributed by atoms with Crippen molar-refractivity contribution in [3.05, 3.63) is 36.4 Å². The van der Waals surface area contributed by atoms with Crippen LogP contribution in [0.15, 0.2) is 30.6 Å². The lowest BCUT2D eigenvalue weighted by atomic mass is 10.3. The van der Waals surface area contributed by atoms with Gasteiger partial charge in [-0.1, -0.05) is 6.07 Å². The fourth-order valence-corrected chi connectivity index (χ4v) is 1.27. The van der Waals surface area contributed by atoms with Crippen molar-refractivity contribution in [3.63, 3.8) is 0 Å². The standard InChI is InChI=1S/C10H9N3O3/c14-8-3-1-2-7(4-8)13-6-11-9(12-13)5-10(15)16/h1-4,6,14H,5H2,(H,15,16). The van der Waals surface area contributed by atoms with E-state index in [4.69, 9.17) is 5.11 Å². The summed E-state index contributed by atoms with van der Waals surface area (Å²) in [5, 5.41) is 21.8. The molecule has 0 aliphatic heterocycles. The van der Waals surface area contributed by atoms with E-state index in [1.54, 1.807) is 18.2 Å². The quantitative estimate of drug-likeness (QED) is 0.789. The number of nitrogens with zero attached hydrogens (tertiary/aromatic N) is 3. The van der Waals surface area contributed by atoms with E-state index in [1.807, 2.05) is 0 Å². The van der Waals surface area contributed by atoms with Crippen molar-refractivity contribution in [2.45, 2.75) is 6.42 Å². The summed E-state index contributed by atoms with van der Waals surface area (Å²) in [6.07, 6.45) is 1.19. The molecule has 1 heterocycles. The lowest BCUT2D eigenvalue weighted by molar-refractivity contribution is -0.136. The van der Waals surface area contributed by atoms with Gasteiger partial charge in [0.1, 0.15) is 18.5 Å². The van der Waals surface area contributed by atoms with Crippen LogP contribution in [-0.2, 0) is 11.2 Å². The third-order valence-corrected chi connectivity index (χ3v) is 1.94. The van der Waals surface area contributed by atoms with Gasteiger partial charge in [0, 0.05) is 6.07 Å². The number of benzene rings is 1. The van der Waals surface area contributed by atoms with Crippen LogP contribution >= 0.6 is 0 Å². The van der Waals surface area contributed by atoms with Gasteiger partial charge in [-0.2, -0.15) is 5.10 Å². The van der Waals surface area contributed by atoms with E-state index in [2.05, 4.69) is 10.1 Å². The molecule has 2 aromatic rings. The maximum atomic E-state index is 10.4. The maximum Gasteiger partial charge on any atom is 0.311 e. The molecule has 1 aromatic carbocycles. The van der Waals surface area contributed by atoms with Gasteiger partial charge >= 0.3 is 5.97 Å². The molecule has 0 aliphatic rings. The highest BCUT2D eigenvalue weighted by molar-refractivity contribution is 5.68. The molecule has 0 amide bonds. The first-order valence-corrected chi connectivity index (χ1v) is 4.57. The number of carboxylic acids is 1. The zero-order valence-corrected chi connectivity index (χ0v) is 8.24. The number of hydrogen-bond acceptors (Lipinski definition) is 4. The number of aromatic hydroxyl groups is 1. The normalized spacial score (nSPS) is 10.2. The third-order valence-electron chi connectivity index (χ3n) is 1.94. The predicted molar refractivity (Wildman–Crippen MR) is 54.4 cm³/mol. The first kappa shape index (κ1) is 10.2. The highest BCUT2D eigenvalue weighted by atomic mass is 16.4. The Morgan fingerprint density at radius 1 is 1.44 bits per heavy atom. The molecule has 82 valence electrons. The topological polar surface area (TPSA) is 88.2 Å². The number of carbonyl (C=O) groups is 1.